The molecule has 2 aromatic heterocycles. The van der Waals surface area contributed by atoms with Crippen LogP contribution in [-0.2, 0) is 0 Å². The molecule has 2 heterocycles. The van der Waals surface area contributed by atoms with Crippen LogP contribution in [0.2, 0.25) is 0 Å². The van der Waals surface area contributed by atoms with Crippen molar-refractivity contribution < 1.29 is 0 Å². The first-order chi connectivity index (χ1) is 7.31. The van der Waals surface area contributed by atoms with E-state index in [1.165, 1.54) is 0 Å². The number of aromatic nitrogens is 3. The van der Waals surface area contributed by atoms with Crippen LogP contribution >= 0.6 is 0 Å². The molecule has 0 aliphatic rings. The van der Waals surface area contributed by atoms with Crippen LogP contribution in [0.15, 0.2) is 36.8 Å². The molecule has 2 aromatic rings. The lowest BCUT2D eigenvalue weighted by atomic mass is 10.1. The third-order valence-electron chi connectivity index (χ3n) is 2.36. The van der Waals surface area contributed by atoms with E-state index in [9.17, 15) is 0 Å². The zero-order valence-corrected chi connectivity index (χ0v) is 8.67. The van der Waals surface area contributed by atoms with Crippen molar-refractivity contribution in [2.75, 3.05) is 0 Å². The van der Waals surface area contributed by atoms with E-state index in [0.29, 0.717) is 0 Å². The van der Waals surface area contributed by atoms with Gasteiger partial charge in [-0.15, -0.1) is 0 Å². The first-order valence-corrected chi connectivity index (χ1v) is 5.03. The number of nitrogens with zero attached hydrogens (tertiary/aromatic N) is 3. The van der Waals surface area contributed by atoms with E-state index in [1.54, 1.807) is 17.1 Å². The van der Waals surface area contributed by atoms with E-state index in [0.717, 1.165) is 17.8 Å². The molecule has 2 rings (SSSR count). The Balaban J connectivity index is 2.25. The Bertz CT molecular complexity index is 405. The third kappa shape index (κ3) is 2.05. The van der Waals surface area contributed by atoms with Gasteiger partial charge < -0.3 is 5.73 Å². The maximum absolute atomic E-state index is 5.88. The molecule has 0 radical (unpaired) electrons. The fourth-order valence-electron chi connectivity index (χ4n) is 1.38. The van der Waals surface area contributed by atoms with E-state index < -0.39 is 0 Å². The van der Waals surface area contributed by atoms with Gasteiger partial charge in [0, 0.05) is 18.4 Å². The highest BCUT2D eigenvalue weighted by atomic mass is 15.3. The molecule has 0 saturated heterocycles. The van der Waals surface area contributed by atoms with Crippen molar-refractivity contribution in [1.29, 1.82) is 0 Å². The average molecular weight is 202 g/mol. The zero-order valence-electron chi connectivity index (χ0n) is 8.67. The van der Waals surface area contributed by atoms with E-state index in [-0.39, 0.29) is 6.04 Å². The summed E-state index contributed by atoms with van der Waals surface area (Å²) >= 11 is 0. The lowest BCUT2D eigenvalue weighted by Crippen LogP contribution is -2.10. The van der Waals surface area contributed by atoms with Crippen molar-refractivity contribution in [3.05, 3.63) is 42.5 Å². The normalized spacial score (nSPS) is 12.7. The topological polar surface area (TPSA) is 56.7 Å². The summed E-state index contributed by atoms with van der Waals surface area (Å²) in [4.78, 5) is 4.32. The predicted octanol–water partition coefficient (Wildman–Crippen LogP) is 1.68. The second kappa shape index (κ2) is 4.23. The van der Waals surface area contributed by atoms with Gasteiger partial charge in [0.2, 0.25) is 0 Å². The van der Waals surface area contributed by atoms with Crippen LogP contribution in [-0.4, -0.2) is 14.8 Å². The number of rotatable bonds is 3. The average Bonchev–Trinajstić information content (AvgIpc) is 2.82. The molecule has 2 N–H and O–H groups in total. The van der Waals surface area contributed by atoms with Crippen LogP contribution in [0.5, 0.6) is 0 Å². The fourth-order valence-corrected chi connectivity index (χ4v) is 1.38. The van der Waals surface area contributed by atoms with Gasteiger partial charge in [0.15, 0.2) is 0 Å². The largest absolute Gasteiger partial charge is 0.323 e. The summed E-state index contributed by atoms with van der Waals surface area (Å²) in [6.45, 7) is 2.05. The van der Waals surface area contributed by atoms with Gasteiger partial charge in [0.1, 0.15) is 0 Å². The van der Waals surface area contributed by atoms with Gasteiger partial charge in [-0.1, -0.05) is 6.92 Å². The summed E-state index contributed by atoms with van der Waals surface area (Å²) in [5.74, 6) is 0. The number of nitrogens with two attached hydrogens (primary N) is 1. The lowest BCUT2D eigenvalue weighted by molar-refractivity contribution is 0.674. The Morgan fingerprint density at radius 3 is 2.87 bits per heavy atom. The van der Waals surface area contributed by atoms with Crippen molar-refractivity contribution in [3.63, 3.8) is 0 Å². The number of hydrogen-bond donors (Lipinski definition) is 1. The molecule has 0 fully saturated rings. The molecule has 4 heteroatoms. The van der Waals surface area contributed by atoms with Crippen molar-refractivity contribution in [2.45, 2.75) is 19.4 Å². The van der Waals surface area contributed by atoms with Crippen LogP contribution < -0.4 is 5.73 Å². The first kappa shape index (κ1) is 9.86. The maximum Gasteiger partial charge on any atom is 0.0828 e. The highest BCUT2D eigenvalue weighted by molar-refractivity contribution is 5.29. The molecule has 1 unspecified atom stereocenters. The zero-order chi connectivity index (χ0) is 10.7. The second-order valence-electron chi connectivity index (χ2n) is 3.41. The van der Waals surface area contributed by atoms with Crippen molar-refractivity contribution >= 4 is 0 Å². The molecule has 1 atom stereocenters. The van der Waals surface area contributed by atoms with E-state index in [4.69, 9.17) is 5.73 Å². The number of pyridine rings is 1. The molecular formula is C11H14N4. The SMILES string of the molecule is CCC(N)c1ccc(-n2cccn2)cn1. The highest BCUT2D eigenvalue weighted by Gasteiger charge is 2.04. The van der Waals surface area contributed by atoms with Gasteiger partial charge in [0.05, 0.1) is 17.6 Å². The Hall–Kier alpha value is -1.68. The summed E-state index contributed by atoms with van der Waals surface area (Å²) in [5, 5.41) is 4.13. The molecule has 0 saturated carbocycles. The maximum atomic E-state index is 5.88. The summed E-state index contributed by atoms with van der Waals surface area (Å²) < 4.78 is 1.77. The monoisotopic (exact) mass is 202 g/mol. The van der Waals surface area contributed by atoms with Crippen LogP contribution in [0, 0.1) is 0 Å². The third-order valence-corrected chi connectivity index (χ3v) is 2.36. The van der Waals surface area contributed by atoms with Crippen LogP contribution in [0.4, 0.5) is 0 Å². The van der Waals surface area contributed by atoms with Gasteiger partial charge in [-0.3, -0.25) is 4.98 Å². The molecule has 0 spiro atoms. The van der Waals surface area contributed by atoms with Crippen molar-refractivity contribution in [2.24, 2.45) is 5.73 Å². The minimum atomic E-state index is 0.0247. The predicted molar refractivity (Wildman–Crippen MR) is 58.6 cm³/mol. The standard InChI is InChI=1S/C11H14N4/c1-2-10(12)11-5-4-9(8-13-11)15-7-3-6-14-15/h3-8,10H,2,12H2,1H3. The van der Waals surface area contributed by atoms with E-state index in [1.807, 2.05) is 31.3 Å². The van der Waals surface area contributed by atoms with E-state index in [2.05, 4.69) is 10.1 Å². The Morgan fingerprint density at radius 1 is 1.47 bits per heavy atom. The second-order valence-corrected chi connectivity index (χ2v) is 3.41. The van der Waals surface area contributed by atoms with Gasteiger partial charge in [-0.25, -0.2) is 4.68 Å². The van der Waals surface area contributed by atoms with Gasteiger partial charge in [-0.2, -0.15) is 5.10 Å². The molecule has 78 valence electrons. The van der Waals surface area contributed by atoms with Crippen LogP contribution in [0.1, 0.15) is 25.1 Å². The first-order valence-electron chi connectivity index (χ1n) is 5.03. The Kier molecular flexibility index (Phi) is 2.78. The quantitative estimate of drug-likeness (QED) is 0.823. The minimum absolute atomic E-state index is 0.0247. The fraction of sp³-hybridized carbons (Fsp3) is 0.273. The van der Waals surface area contributed by atoms with Crippen molar-refractivity contribution in [1.82, 2.24) is 14.8 Å². The summed E-state index contributed by atoms with van der Waals surface area (Å²) in [5.41, 5.74) is 7.75. The molecule has 0 amide bonds. The summed E-state index contributed by atoms with van der Waals surface area (Å²) in [6, 6.07) is 5.83. The smallest absolute Gasteiger partial charge is 0.0828 e. The highest BCUT2D eigenvalue weighted by Crippen LogP contribution is 2.12. The Morgan fingerprint density at radius 2 is 2.33 bits per heavy atom. The van der Waals surface area contributed by atoms with Crippen LogP contribution in [0.25, 0.3) is 5.69 Å². The summed E-state index contributed by atoms with van der Waals surface area (Å²) in [7, 11) is 0. The molecule has 0 aliphatic carbocycles. The van der Waals surface area contributed by atoms with Gasteiger partial charge in [-0.05, 0) is 24.6 Å². The molecular weight excluding hydrogens is 188 g/mol. The molecule has 4 nitrogen and oxygen atoms in total. The van der Waals surface area contributed by atoms with Gasteiger partial charge >= 0.3 is 0 Å². The van der Waals surface area contributed by atoms with Gasteiger partial charge in [0.25, 0.3) is 0 Å². The lowest BCUT2D eigenvalue weighted by Gasteiger charge is -2.08. The van der Waals surface area contributed by atoms with E-state index >= 15 is 0 Å². The summed E-state index contributed by atoms with van der Waals surface area (Å²) in [6.07, 6.45) is 6.31. The molecule has 0 aromatic carbocycles. The van der Waals surface area contributed by atoms with Crippen molar-refractivity contribution in [3.8, 4) is 5.69 Å². The number of hydrogen-bond acceptors (Lipinski definition) is 3. The molecule has 0 aliphatic heterocycles. The minimum Gasteiger partial charge on any atom is -0.323 e. The van der Waals surface area contributed by atoms with Crippen LogP contribution in [0.3, 0.4) is 0 Å². The Labute approximate surface area is 88.8 Å². The molecule has 0 bridgehead atoms. The molecule has 15 heavy (non-hydrogen) atoms.